The molecule has 0 saturated carbocycles. The monoisotopic (exact) mass is 316 g/mol. The van der Waals surface area contributed by atoms with Gasteiger partial charge in [-0.3, -0.25) is 19.3 Å². The number of hydrogen-bond donors (Lipinski definition) is 0. The highest BCUT2D eigenvalue weighted by Crippen LogP contribution is 2.37. The number of aromatic nitrogens is 4. The molecule has 0 spiro atoms. The highest BCUT2D eigenvalue weighted by atomic mass is 16.2. The van der Waals surface area contributed by atoms with Crippen molar-refractivity contribution in [2.24, 2.45) is 11.8 Å². The number of likely N-dealkylation sites (tertiary alicyclic amines) is 2. The maximum atomic E-state index is 12.5. The van der Waals surface area contributed by atoms with Gasteiger partial charge in [0.25, 0.3) is 0 Å². The third-order valence-electron chi connectivity index (χ3n) is 4.81. The van der Waals surface area contributed by atoms with Gasteiger partial charge >= 0.3 is 0 Å². The number of tetrazole rings is 1. The van der Waals surface area contributed by atoms with Crippen molar-refractivity contribution in [2.75, 3.05) is 13.1 Å². The van der Waals surface area contributed by atoms with Crippen molar-refractivity contribution in [1.82, 2.24) is 30.0 Å². The fraction of sp³-hybridized carbons (Fsp3) is 0.571. The number of imide groups is 1. The van der Waals surface area contributed by atoms with Gasteiger partial charge in [0.2, 0.25) is 17.7 Å². The molecule has 3 amide bonds. The van der Waals surface area contributed by atoms with Crippen LogP contribution in [0.5, 0.6) is 0 Å². The van der Waals surface area contributed by atoms with Crippen LogP contribution in [-0.2, 0) is 20.9 Å². The molecule has 1 aliphatic carbocycles. The van der Waals surface area contributed by atoms with Crippen LogP contribution in [0.15, 0.2) is 18.5 Å². The number of fused-ring (bicyclic) bond motifs is 1. The van der Waals surface area contributed by atoms with Gasteiger partial charge in [0.15, 0.2) is 0 Å². The lowest BCUT2D eigenvalue weighted by atomic mass is 9.85. The lowest BCUT2D eigenvalue weighted by molar-refractivity contribution is -0.153. The van der Waals surface area contributed by atoms with Crippen LogP contribution >= 0.6 is 0 Å². The number of nitrogens with zero attached hydrogens (tertiary/aromatic N) is 6. The molecule has 2 saturated heterocycles. The third-order valence-corrected chi connectivity index (χ3v) is 4.81. The van der Waals surface area contributed by atoms with E-state index in [9.17, 15) is 14.4 Å². The van der Waals surface area contributed by atoms with E-state index in [2.05, 4.69) is 15.5 Å². The van der Waals surface area contributed by atoms with Crippen molar-refractivity contribution in [3.8, 4) is 0 Å². The van der Waals surface area contributed by atoms with Crippen LogP contribution in [-0.4, -0.2) is 66.9 Å². The molecular weight excluding hydrogens is 300 g/mol. The Morgan fingerprint density at radius 2 is 1.78 bits per heavy atom. The summed E-state index contributed by atoms with van der Waals surface area (Å²) in [7, 11) is 0. The molecule has 9 nitrogen and oxygen atoms in total. The fourth-order valence-corrected chi connectivity index (χ4v) is 3.50. The zero-order valence-corrected chi connectivity index (χ0v) is 12.4. The second kappa shape index (κ2) is 5.25. The van der Waals surface area contributed by atoms with E-state index in [0.29, 0.717) is 25.9 Å². The maximum absolute atomic E-state index is 12.5. The van der Waals surface area contributed by atoms with Crippen molar-refractivity contribution >= 4 is 17.7 Å². The highest BCUT2D eigenvalue weighted by molar-refractivity contribution is 6.06. The zero-order valence-electron chi connectivity index (χ0n) is 12.4. The van der Waals surface area contributed by atoms with Crippen LogP contribution in [0.25, 0.3) is 0 Å². The van der Waals surface area contributed by atoms with Crippen LogP contribution in [0.1, 0.15) is 12.8 Å². The molecule has 23 heavy (non-hydrogen) atoms. The molecule has 1 aromatic rings. The van der Waals surface area contributed by atoms with Gasteiger partial charge in [0.05, 0.1) is 17.9 Å². The van der Waals surface area contributed by atoms with Crippen molar-refractivity contribution < 1.29 is 14.4 Å². The Labute approximate surface area is 131 Å². The van der Waals surface area contributed by atoms with Crippen LogP contribution in [0.2, 0.25) is 0 Å². The van der Waals surface area contributed by atoms with E-state index in [0.717, 1.165) is 0 Å². The average molecular weight is 316 g/mol. The van der Waals surface area contributed by atoms with Crippen LogP contribution in [0, 0.1) is 11.8 Å². The lowest BCUT2D eigenvalue weighted by Gasteiger charge is -2.43. The largest absolute Gasteiger partial charge is 0.337 e. The second-order valence-electron chi connectivity index (χ2n) is 6.16. The molecule has 0 radical (unpaired) electrons. The summed E-state index contributed by atoms with van der Waals surface area (Å²) in [4.78, 5) is 40.0. The summed E-state index contributed by atoms with van der Waals surface area (Å²) >= 11 is 0. The highest BCUT2D eigenvalue weighted by Gasteiger charge is 2.52. The van der Waals surface area contributed by atoms with Crippen LogP contribution in [0.4, 0.5) is 0 Å². The summed E-state index contributed by atoms with van der Waals surface area (Å²) in [5.74, 6) is -0.701. The first-order valence-electron chi connectivity index (χ1n) is 7.65. The molecule has 2 atom stereocenters. The summed E-state index contributed by atoms with van der Waals surface area (Å²) in [6.07, 6.45) is 6.60. The quantitative estimate of drug-likeness (QED) is 0.515. The zero-order chi connectivity index (χ0) is 16.0. The van der Waals surface area contributed by atoms with E-state index in [1.807, 2.05) is 12.2 Å². The first-order valence-corrected chi connectivity index (χ1v) is 7.65. The van der Waals surface area contributed by atoms with E-state index in [-0.39, 0.29) is 42.1 Å². The summed E-state index contributed by atoms with van der Waals surface area (Å²) in [5, 5.41) is 10.6. The Balaban J connectivity index is 1.37. The Morgan fingerprint density at radius 3 is 2.35 bits per heavy atom. The predicted molar refractivity (Wildman–Crippen MR) is 75.4 cm³/mol. The molecule has 2 fully saturated rings. The number of hydrogen-bond acceptors (Lipinski definition) is 6. The Morgan fingerprint density at radius 1 is 1.13 bits per heavy atom. The van der Waals surface area contributed by atoms with Crippen molar-refractivity contribution in [3.63, 3.8) is 0 Å². The molecule has 1 aromatic heterocycles. The number of amides is 3. The van der Waals surface area contributed by atoms with Crippen molar-refractivity contribution in [2.45, 2.75) is 25.4 Å². The topological polar surface area (TPSA) is 101 Å². The summed E-state index contributed by atoms with van der Waals surface area (Å²) in [5.41, 5.74) is 0. The molecule has 0 aromatic carbocycles. The van der Waals surface area contributed by atoms with E-state index in [1.54, 1.807) is 4.90 Å². The summed E-state index contributed by atoms with van der Waals surface area (Å²) in [6.45, 7) is 0.855. The molecule has 9 heteroatoms. The van der Waals surface area contributed by atoms with E-state index in [1.165, 1.54) is 15.9 Å². The number of rotatable bonds is 3. The molecule has 4 rings (SSSR count). The third kappa shape index (κ3) is 2.23. The van der Waals surface area contributed by atoms with Crippen LogP contribution in [0.3, 0.4) is 0 Å². The van der Waals surface area contributed by atoms with Gasteiger partial charge in [0.1, 0.15) is 12.9 Å². The number of carbonyl (C=O) groups is 3. The van der Waals surface area contributed by atoms with E-state index < -0.39 is 0 Å². The van der Waals surface area contributed by atoms with Gasteiger partial charge in [-0.15, -0.1) is 5.10 Å². The Hall–Kier alpha value is -2.58. The summed E-state index contributed by atoms with van der Waals surface area (Å²) < 4.78 is 1.35. The van der Waals surface area contributed by atoms with Gasteiger partial charge in [0, 0.05) is 13.1 Å². The van der Waals surface area contributed by atoms with Gasteiger partial charge in [-0.2, -0.15) is 0 Å². The molecular formula is C14H16N6O3. The Bertz CT molecular complexity index is 653. The SMILES string of the molecule is O=C(Cn1cnnn1)N1CC(N2C(=O)C3CC=CCC3C2=O)C1. The minimum Gasteiger partial charge on any atom is -0.337 e. The first kappa shape index (κ1) is 14.0. The summed E-state index contributed by atoms with van der Waals surface area (Å²) in [6, 6.07) is -0.196. The van der Waals surface area contributed by atoms with Gasteiger partial charge < -0.3 is 4.90 Å². The molecule has 3 heterocycles. The lowest BCUT2D eigenvalue weighted by Crippen LogP contribution is -2.63. The molecule has 0 N–H and O–H groups in total. The van der Waals surface area contributed by atoms with Crippen LogP contribution < -0.4 is 0 Å². The number of allylic oxidation sites excluding steroid dienone is 2. The van der Waals surface area contributed by atoms with E-state index >= 15 is 0 Å². The average Bonchev–Trinajstić information content (AvgIpc) is 3.09. The van der Waals surface area contributed by atoms with Gasteiger partial charge in [-0.25, -0.2) is 4.68 Å². The normalized spacial score (nSPS) is 27.3. The fourth-order valence-electron chi connectivity index (χ4n) is 3.50. The molecule has 0 bridgehead atoms. The molecule has 2 aliphatic heterocycles. The second-order valence-corrected chi connectivity index (χ2v) is 6.16. The molecule has 120 valence electrons. The molecule has 3 aliphatic rings. The first-order chi connectivity index (χ1) is 11.1. The Kier molecular flexibility index (Phi) is 3.21. The van der Waals surface area contributed by atoms with Gasteiger partial charge in [-0.05, 0) is 23.3 Å². The smallest absolute Gasteiger partial charge is 0.244 e. The minimum absolute atomic E-state index is 0.0663. The predicted octanol–water partition coefficient (Wildman–Crippen LogP) is -1.16. The van der Waals surface area contributed by atoms with E-state index in [4.69, 9.17) is 0 Å². The van der Waals surface area contributed by atoms with Crippen molar-refractivity contribution in [1.29, 1.82) is 0 Å². The maximum Gasteiger partial charge on any atom is 0.244 e. The van der Waals surface area contributed by atoms with Gasteiger partial charge in [-0.1, -0.05) is 12.2 Å². The van der Waals surface area contributed by atoms with Crippen molar-refractivity contribution in [3.05, 3.63) is 18.5 Å². The number of carbonyl (C=O) groups excluding carboxylic acids is 3. The molecule has 2 unspecified atom stereocenters. The minimum atomic E-state index is -0.210. The standard InChI is InChI=1S/C14H16N6O3/c21-12(7-19-8-15-16-17-19)18-5-9(6-18)20-13(22)10-3-1-2-4-11(10)14(20)23/h1-2,8-11H,3-7H2.